The molecule has 1 heterocycles. The Hall–Kier alpha value is -1.69. The summed E-state index contributed by atoms with van der Waals surface area (Å²) >= 11 is 6.28. The Kier molecular flexibility index (Phi) is 6.04. The molecule has 1 aromatic carbocycles. The summed E-state index contributed by atoms with van der Waals surface area (Å²) in [5.41, 5.74) is -0.159. The molecular weight excluding hydrogens is 377 g/mol. The highest BCUT2D eigenvalue weighted by Gasteiger charge is 2.32. The van der Waals surface area contributed by atoms with Gasteiger partial charge in [0, 0.05) is 31.1 Å². The smallest absolute Gasteiger partial charge is 0.253 e. The van der Waals surface area contributed by atoms with Crippen LogP contribution in [-0.2, 0) is 6.54 Å². The van der Waals surface area contributed by atoms with Gasteiger partial charge < -0.3 is 9.88 Å². The maximum Gasteiger partial charge on any atom is 0.253 e. The minimum atomic E-state index is -2.42. The van der Waals surface area contributed by atoms with E-state index in [0.717, 1.165) is 12.8 Å². The number of hydrogen-bond acceptors (Lipinski definition) is 1. The molecule has 0 saturated heterocycles. The Bertz CT molecular complexity index is 819. The number of hydrogen-bond donors (Lipinski definition) is 1. The first-order chi connectivity index (χ1) is 12.8. The second-order valence-electron chi connectivity index (χ2n) is 7.64. The van der Waals surface area contributed by atoms with Crippen molar-refractivity contribution in [3.63, 3.8) is 0 Å². The van der Waals surface area contributed by atoms with Gasteiger partial charge in [-0.3, -0.25) is 4.79 Å². The van der Waals surface area contributed by atoms with Gasteiger partial charge in [0.1, 0.15) is 5.67 Å². The quantitative estimate of drug-likeness (QED) is 0.673. The maximum atomic E-state index is 14.2. The summed E-state index contributed by atoms with van der Waals surface area (Å²) in [6.45, 7) is 2.11. The largest absolute Gasteiger partial charge is 0.352 e. The lowest BCUT2D eigenvalue weighted by atomic mass is 9.80. The van der Waals surface area contributed by atoms with Gasteiger partial charge >= 0.3 is 0 Å². The molecule has 0 bridgehead atoms. The summed E-state index contributed by atoms with van der Waals surface area (Å²) in [7, 11) is 0. The highest BCUT2D eigenvalue weighted by Crippen LogP contribution is 2.35. The van der Waals surface area contributed by atoms with Crippen LogP contribution in [0.2, 0.25) is 5.02 Å². The molecule has 0 radical (unpaired) electrons. The van der Waals surface area contributed by atoms with E-state index in [1.54, 1.807) is 35.9 Å². The zero-order valence-corrected chi connectivity index (χ0v) is 16.0. The molecule has 1 saturated carbocycles. The molecule has 1 aromatic heterocycles. The molecule has 3 nitrogen and oxygen atoms in total. The van der Waals surface area contributed by atoms with E-state index in [4.69, 9.17) is 11.6 Å². The van der Waals surface area contributed by atoms with Gasteiger partial charge in [0.05, 0.1) is 16.1 Å². The summed E-state index contributed by atoms with van der Waals surface area (Å²) in [6, 6.07) is 5.17. The lowest BCUT2D eigenvalue weighted by Crippen LogP contribution is -2.35. The van der Waals surface area contributed by atoms with Crippen molar-refractivity contribution in [2.45, 2.75) is 57.7 Å². The summed E-state index contributed by atoms with van der Waals surface area (Å²) in [5, 5.41) is 3.84. The minimum Gasteiger partial charge on any atom is -0.352 e. The molecule has 1 aliphatic carbocycles. The fourth-order valence-corrected chi connectivity index (χ4v) is 4.25. The average molecular weight is 401 g/mol. The first-order valence-corrected chi connectivity index (χ1v) is 9.67. The maximum absolute atomic E-state index is 14.2. The van der Waals surface area contributed by atoms with E-state index in [0.29, 0.717) is 40.9 Å². The zero-order valence-electron chi connectivity index (χ0n) is 15.3. The Balaban J connectivity index is 1.77. The number of fused-ring (bicyclic) bond motifs is 1. The van der Waals surface area contributed by atoms with Crippen LogP contribution >= 0.6 is 11.6 Å². The third-order valence-corrected chi connectivity index (χ3v) is 5.58. The molecule has 1 N–H and O–H groups in total. The molecule has 7 heteroatoms. The van der Waals surface area contributed by atoms with Gasteiger partial charge in [-0.1, -0.05) is 17.7 Å². The van der Waals surface area contributed by atoms with Crippen molar-refractivity contribution in [1.29, 1.82) is 0 Å². The van der Waals surface area contributed by atoms with Crippen LogP contribution in [-0.4, -0.2) is 29.1 Å². The van der Waals surface area contributed by atoms with E-state index in [9.17, 15) is 18.0 Å². The molecule has 1 aliphatic rings. The summed E-state index contributed by atoms with van der Waals surface area (Å²) < 4.78 is 41.0. The second-order valence-corrected chi connectivity index (χ2v) is 8.04. The van der Waals surface area contributed by atoms with E-state index in [1.165, 1.54) is 0 Å². The van der Waals surface area contributed by atoms with Gasteiger partial charge in [0.25, 0.3) is 5.91 Å². The van der Waals surface area contributed by atoms with Crippen molar-refractivity contribution < 1.29 is 18.0 Å². The van der Waals surface area contributed by atoms with Crippen LogP contribution in [0.3, 0.4) is 0 Å². The van der Waals surface area contributed by atoms with Crippen molar-refractivity contribution in [2.24, 2.45) is 5.92 Å². The highest BCUT2D eigenvalue weighted by atomic mass is 35.5. The van der Waals surface area contributed by atoms with Gasteiger partial charge in [0.15, 0.2) is 0 Å². The average Bonchev–Trinajstić information content (AvgIpc) is 2.97. The number of amides is 1. The van der Waals surface area contributed by atoms with Crippen LogP contribution in [0.15, 0.2) is 24.4 Å². The Morgan fingerprint density at radius 1 is 1.44 bits per heavy atom. The van der Waals surface area contributed by atoms with Crippen LogP contribution < -0.4 is 5.32 Å². The standard InChI is InChI=1S/C20H24ClF3N2O/c1-20(24)8-3-4-13(10-20)11-25-19(27)14-12-26(9-7-17(22)23)16-6-2-5-15(21)18(14)16/h2,5-6,12-13,17H,3-4,7-11H2,1H3,(H,25,27). The van der Waals surface area contributed by atoms with Crippen LogP contribution in [0.4, 0.5) is 13.2 Å². The topological polar surface area (TPSA) is 34.0 Å². The van der Waals surface area contributed by atoms with E-state index < -0.39 is 12.1 Å². The Labute approximate surface area is 161 Å². The number of carbonyl (C=O) groups excluding carboxylic acids is 1. The Morgan fingerprint density at radius 2 is 2.22 bits per heavy atom. The van der Waals surface area contributed by atoms with E-state index >= 15 is 0 Å². The fraction of sp³-hybridized carbons (Fsp3) is 0.550. The number of halogens is 4. The molecule has 1 amide bonds. The number of alkyl halides is 3. The lowest BCUT2D eigenvalue weighted by molar-refractivity contribution is 0.0839. The van der Waals surface area contributed by atoms with Gasteiger partial charge in [-0.2, -0.15) is 0 Å². The predicted molar refractivity (Wildman–Crippen MR) is 101 cm³/mol. The fourth-order valence-electron chi connectivity index (χ4n) is 3.97. The van der Waals surface area contributed by atoms with Crippen LogP contribution in [0.1, 0.15) is 49.4 Å². The van der Waals surface area contributed by atoms with Crippen LogP contribution in [0.25, 0.3) is 10.9 Å². The van der Waals surface area contributed by atoms with E-state index in [-0.39, 0.29) is 24.8 Å². The molecule has 3 rings (SSSR count). The number of aromatic nitrogens is 1. The minimum absolute atomic E-state index is 0.0976. The number of nitrogens with zero attached hydrogens (tertiary/aromatic N) is 1. The Morgan fingerprint density at radius 3 is 2.93 bits per heavy atom. The molecule has 0 spiro atoms. The summed E-state index contributed by atoms with van der Waals surface area (Å²) in [4.78, 5) is 12.7. The molecule has 2 atom stereocenters. The third kappa shape index (κ3) is 4.78. The molecule has 27 heavy (non-hydrogen) atoms. The number of carbonyl (C=O) groups is 1. The second kappa shape index (κ2) is 8.13. The number of aryl methyl sites for hydroxylation is 1. The van der Waals surface area contributed by atoms with Crippen molar-refractivity contribution in [3.05, 3.63) is 35.0 Å². The van der Waals surface area contributed by atoms with Crippen molar-refractivity contribution >= 4 is 28.4 Å². The predicted octanol–water partition coefficient (Wildman–Crippen LogP) is 5.60. The van der Waals surface area contributed by atoms with Crippen LogP contribution in [0, 0.1) is 5.92 Å². The molecular formula is C20H24ClF3N2O. The molecule has 2 unspecified atom stereocenters. The molecule has 1 fully saturated rings. The lowest BCUT2D eigenvalue weighted by Gasteiger charge is -2.31. The molecule has 2 aromatic rings. The van der Waals surface area contributed by atoms with Crippen molar-refractivity contribution in [2.75, 3.05) is 6.54 Å². The summed E-state index contributed by atoms with van der Waals surface area (Å²) in [6.07, 6.45) is 1.56. The molecule has 148 valence electrons. The van der Waals surface area contributed by atoms with Crippen molar-refractivity contribution in [3.8, 4) is 0 Å². The third-order valence-electron chi connectivity index (χ3n) is 5.26. The monoisotopic (exact) mass is 400 g/mol. The first-order valence-electron chi connectivity index (χ1n) is 9.29. The van der Waals surface area contributed by atoms with Gasteiger partial charge in [-0.05, 0) is 50.7 Å². The number of nitrogens with one attached hydrogen (secondary N) is 1. The first kappa shape index (κ1) is 20.1. The zero-order chi connectivity index (χ0) is 19.6. The highest BCUT2D eigenvalue weighted by molar-refractivity contribution is 6.36. The van der Waals surface area contributed by atoms with Crippen LogP contribution in [0.5, 0.6) is 0 Å². The number of benzene rings is 1. The normalized spacial score (nSPS) is 23.1. The van der Waals surface area contributed by atoms with E-state index in [2.05, 4.69) is 5.32 Å². The van der Waals surface area contributed by atoms with Crippen molar-refractivity contribution in [1.82, 2.24) is 9.88 Å². The van der Waals surface area contributed by atoms with Gasteiger partial charge in [-0.15, -0.1) is 0 Å². The van der Waals surface area contributed by atoms with Gasteiger partial charge in [-0.25, -0.2) is 13.2 Å². The summed E-state index contributed by atoms with van der Waals surface area (Å²) in [5.74, 6) is -0.213. The molecule has 0 aliphatic heterocycles. The SMILES string of the molecule is CC1(F)CCCC(CNC(=O)c2cn(CCC(F)F)c3cccc(Cl)c23)C1. The number of rotatable bonds is 6. The van der Waals surface area contributed by atoms with Gasteiger partial charge in [0.2, 0.25) is 6.43 Å². The van der Waals surface area contributed by atoms with E-state index in [1.807, 2.05) is 0 Å².